The van der Waals surface area contributed by atoms with Gasteiger partial charge in [0, 0.05) is 43.0 Å². The fourth-order valence-electron chi connectivity index (χ4n) is 3.27. The Bertz CT molecular complexity index is 865. The number of aromatic nitrogens is 3. The first-order chi connectivity index (χ1) is 11.8. The van der Waals surface area contributed by atoms with Gasteiger partial charge in [0.1, 0.15) is 5.69 Å². The van der Waals surface area contributed by atoms with Crippen LogP contribution in [0, 0.1) is 0 Å². The van der Waals surface area contributed by atoms with Crippen LogP contribution in [-0.2, 0) is 0 Å². The van der Waals surface area contributed by atoms with Crippen LogP contribution in [0.2, 0.25) is 0 Å². The summed E-state index contributed by atoms with van der Waals surface area (Å²) < 4.78 is 0. The maximum absolute atomic E-state index is 12.8. The van der Waals surface area contributed by atoms with E-state index >= 15 is 0 Å². The predicted molar refractivity (Wildman–Crippen MR) is 91.7 cm³/mol. The molecule has 1 aliphatic rings. The molecule has 1 aliphatic heterocycles. The maximum Gasteiger partial charge on any atom is 0.272 e. The van der Waals surface area contributed by atoms with Crippen molar-refractivity contribution >= 4 is 16.8 Å². The van der Waals surface area contributed by atoms with Crippen LogP contribution in [-0.4, -0.2) is 38.8 Å². The van der Waals surface area contributed by atoms with Crippen LogP contribution in [0.5, 0.6) is 0 Å². The second-order valence-electron chi connectivity index (χ2n) is 6.11. The van der Waals surface area contributed by atoms with E-state index in [0.717, 1.165) is 36.0 Å². The average Bonchev–Trinajstić information content (AvgIpc) is 2.68. The molecule has 3 heterocycles. The van der Waals surface area contributed by atoms with Crippen LogP contribution in [0.3, 0.4) is 0 Å². The molecular weight excluding hydrogens is 300 g/mol. The number of carbonyl (C=O) groups is 1. The molecule has 0 radical (unpaired) electrons. The van der Waals surface area contributed by atoms with Crippen molar-refractivity contribution in [2.75, 3.05) is 13.1 Å². The van der Waals surface area contributed by atoms with Crippen molar-refractivity contribution in [3.05, 3.63) is 66.4 Å². The summed E-state index contributed by atoms with van der Waals surface area (Å²) in [7, 11) is 0. The molecule has 5 nitrogen and oxygen atoms in total. The largest absolute Gasteiger partial charge is 0.337 e. The molecule has 0 aliphatic carbocycles. The zero-order chi connectivity index (χ0) is 16.4. The van der Waals surface area contributed by atoms with Gasteiger partial charge in [-0.1, -0.05) is 24.3 Å². The minimum Gasteiger partial charge on any atom is -0.337 e. The zero-order valence-electron chi connectivity index (χ0n) is 13.3. The molecule has 0 saturated carbocycles. The van der Waals surface area contributed by atoms with Crippen molar-refractivity contribution in [2.24, 2.45) is 0 Å². The molecule has 1 aromatic carbocycles. The monoisotopic (exact) mass is 318 g/mol. The lowest BCUT2D eigenvalue weighted by Gasteiger charge is -2.32. The minimum absolute atomic E-state index is 0.00524. The molecule has 1 amide bonds. The van der Waals surface area contributed by atoms with E-state index in [1.807, 2.05) is 41.3 Å². The van der Waals surface area contributed by atoms with Crippen molar-refractivity contribution in [1.29, 1.82) is 0 Å². The van der Waals surface area contributed by atoms with Gasteiger partial charge in [-0.15, -0.1) is 0 Å². The Morgan fingerprint density at radius 3 is 2.92 bits per heavy atom. The molecule has 1 saturated heterocycles. The van der Waals surface area contributed by atoms with Crippen molar-refractivity contribution in [3.8, 4) is 0 Å². The highest BCUT2D eigenvalue weighted by atomic mass is 16.2. The number of fused-ring (bicyclic) bond motifs is 1. The molecule has 0 bridgehead atoms. The third-order valence-corrected chi connectivity index (χ3v) is 4.53. The molecule has 24 heavy (non-hydrogen) atoms. The highest BCUT2D eigenvalue weighted by Gasteiger charge is 2.27. The first kappa shape index (κ1) is 14.8. The number of benzene rings is 1. The van der Waals surface area contributed by atoms with Gasteiger partial charge in [0.2, 0.25) is 0 Å². The molecule has 1 fully saturated rings. The van der Waals surface area contributed by atoms with E-state index in [-0.39, 0.29) is 11.8 Å². The molecular formula is C19H18N4O. The maximum atomic E-state index is 12.8. The second kappa shape index (κ2) is 6.35. The van der Waals surface area contributed by atoms with E-state index in [0.29, 0.717) is 12.2 Å². The highest BCUT2D eigenvalue weighted by molar-refractivity contribution is 5.95. The normalized spacial score (nSPS) is 17.8. The van der Waals surface area contributed by atoms with E-state index in [4.69, 9.17) is 0 Å². The summed E-state index contributed by atoms with van der Waals surface area (Å²) in [5, 5.41) is 1.05. The van der Waals surface area contributed by atoms with Crippen molar-refractivity contribution in [1.82, 2.24) is 19.9 Å². The fraction of sp³-hybridized carbons (Fsp3) is 0.263. The fourth-order valence-corrected chi connectivity index (χ4v) is 3.27. The van der Waals surface area contributed by atoms with E-state index < -0.39 is 0 Å². The first-order valence-electron chi connectivity index (χ1n) is 8.22. The lowest BCUT2D eigenvalue weighted by Crippen LogP contribution is -2.39. The topological polar surface area (TPSA) is 59.0 Å². The molecule has 0 N–H and O–H groups in total. The smallest absolute Gasteiger partial charge is 0.272 e. The molecule has 1 atom stereocenters. The SMILES string of the molecule is O=C(c1ccc2ccccc2n1)N1CCC[C@@H](c2cnccn2)C1. The zero-order valence-corrected chi connectivity index (χ0v) is 13.3. The molecule has 4 rings (SSSR count). The number of hydrogen-bond donors (Lipinski definition) is 0. The highest BCUT2D eigenvalue weighted by Crippen LogP contribution is 2.26. The Hall–Kier alpha value is -2.82. The summed E-state index contributed by atoms with van der Waals surface area (Å²) in [6, 6.07) is 11.6. The number of carbonyl (C=O) groups excluding carboxylic acids is 1. The quantitative estimate of drug-likeness (QED) is 0.728. The number of rotatable bonds is 2. The standard InChI is InChI=1S/C19H18N4O/c24-19(17-8-7-14-4-1-2-6-16(14)22-17)23-11-3-5-15(13-23)18-12-20-9-10-21-18/h1-2,4,6-10,12,15H,3,5,11,13H2/t15-/m1/s1. The van der Waals surface area contributed by atoms with Crippen molar-refractivity contribution in [2.45, 2.75) is 18.8 Å². The Labute approximate surface area is 140 Å². The van der Waals surface area contributed by atoms with Gasteiger partial charge in [-0.25, -0.2) is 4.98 Å². The number of nitrogens with zero attached hydrogens (tertiary/aromatic N) is 4. The van der Waals surface area contributed by atoms with Gasteiger partial charge in [-0.05, 0) is 25.0 Å². The number of pyridine rings is 1. The molecule has 2 aromatic heterocycles. The minimum atomic E-state index is -0.00524. The van der Waals surface area contributed by atoms with Crippen LogP contribution in [0.4, 0.5) is 0 Å². The summed E-state index contributed by atoms with van der Waals surface area (Å²) in [4.78, 5) is 27.8. The number of para-hydroxylation sites is 1. The van der Waals surface area contributed by atoms with Crippen LogP contribution >= 0.6 is 0 Å². The number of amides is 1. The molecule has 3 aromatic rings. The van der Waals surface area contributed by atoms with E-state index in [1.165, 1.54) is 0 Å². The van der Waals surface area contributed by atoms with E-state index in [9.17, 15) is 4.79 Å². The van der Waals surface area contributed by atoms with Gasteiger partial charge >= 0.3 is 0 Å². The van der Waals surface area contributed by atoms with Crippen LogP contribution in [0.25, 0.3) is 10.9 Å². The summed E-state index contributed by atoms with van der Waals surface area (Å²) in [5.41, 5.74) is 2.32. The Morgan fingerprint density at radius 1 is 1.12 bits per heavy atom. The lowest BCUT2D eigenvalue weighted by molar-refractivity contribution is 0.0700. The number of piperidine rings is 1. The van der Waals surface area contributed by atoms with Crippen LogP contribution < -0.4 is 0 Å². The van der Waals surface area contributed by atoms with E-state index in [1.54, 1.807) is 18.6 Å². The molecule has 5 heteroatoms. The van der Waals surface area contributed by atoms with Gasteiger partial charge in [-0.3, -0.25) is 14.8 Å². The van der Waals surface area contributed by atoms with Gasteiger partial charge < -0.3 is 4.90 Å². The molecule has 0 spiro atoms. The van der Waals surface area contributed by atoms with Crippen molar-refractivity contribution < 1.29 is 4.79 Å². The third-order valence-electron chi connectivity index (χ3n) is 4.53. The second-order valence-corrected chi connectivity index (χ2v) is 6.11. The lowest BCUT2D eigenvalue weighted by atomic mass is 9.95. The van der Waals surface area contributed by atoms with E-state index in [2.05, 4.69) is 15.0 Å². The van der Waals surface area contributed by atoms with Gasteiger partial charge in [0.05, 0.1) is 11.2 Å². The summed E-state index contributed by atoms with van der Waals surface area (Å²) >= 11 is 0. The summed E-state index contributed by atoms with van der Waals surface area (Å²) in [6.45, 7) is 1.44. The third kappa shape index (κ3) is 2.85. The van der Waals surface area contributed by atoms with Gasteiger partial charge in [0.25, 0.3) is 5.91 Å². The Kier molecular flexibility index (Phi) is 3.91. The van der Waals surface area contributed by atoms with Gasteiger partial charge in [0.15, 0.2) is 0 Å². The molecule has 120 valence electrons. The molecule has 0 unspecified atom stereocenters. The van der Waals surface area contributed by atoms with Crippen molar-refractivity contribution in [3.63, 3.8) is 0 Å². The predicted octanol–water partition coefficient (Wildman–Crippen LogP) is 3.04. The summed E-state index contributed by atoms with van der Waals surface area (Å²) in [6.07, 6.45) is 7.19. The van der Waals surface area contributed by atoms with Crippen LogP contribution in [0.1, 0.15) is 34.9 Å². The Balaban J connectivity index is 1.56. The number of likely N-dealkylation sites (tertiary alicyclic amines) is 1. The average molecular weight is 318 g/mol. The Morgan fingerprint density at radius 2 is 2.04 bits per heavy atom. The van der Waals surface area contributed by atoms with Crippen LogP contribution in [0.15, 0.2) is 55.0 Å². The first-order valence-corrected chi connectivity index (χ1v) is 8.22. The van der Waals surface area contributed by atoms with Gasteiger partial charge in [-0.2, -0.15) is 0 Å². The summed E-state index contributed by atoms with van der Waals surface area (Å²) in [5.74, 6) is 0.242. The number of hydrogen-bond acceptors (Lipinski definition) is 4.